The number of carbonyl (C=O) groups is 1. The van der Waals surface area contributed by atoms with Gasteiger partial charge < -0.3 is 19.0 Å². The van der Waals surface area contributed by atoms with Crippen molar-refractivity contribution in [1.82, 2.24) is 14.1 Å². The average molecular weight is 526 g/mol. The Kier molecular flexibility index (Phi) is 6.61. The Hall–Kier alpha value is -3.54. The molecule has 3 aromatic heterocycles. The van der Waals surface area contributed by atoms with E-state index in [1.807, 2.05) is 30.3 Å². The first-order valence-corrected chi connectivity index (χ1v) is 12.7. The van der Waals surface area contributed by atoms with Crippen molar-refractivity contribution in [2.24, 2.45) is 0 Å². The summed E-state index contributed by atoms with van der Waals surface area (Å²) in [5, 5.41) is 10.2. The summed E-state index contributed by atoms with van der Waals surface area (Å²) in [7, 11) is 0. The molecule has 1 aromatic carbocycles. The van der Waals surface area contributed by atoms with Crippen molar-refractivity contribution in [3.05, 3.63) is 74.8 Å². The maximum atomic E-state index is 13.9. The molecule has 2 atom stereocenters. The predicted molar refractivity (Wildman–Crippen MR) is 137 cm³/mol. The normalized spacial score (nSPS) is 16.9. The van der Waals surface area contributed by atoms with Crippen LogP contribution in [0.5, 0.6) is 0 Å². The van der Waals surface area contributed by atoms with Gasteiger partial charge >= 0.3 is 11.7 Å². The van der Waals surface area contributed by atoms with Crippen LogP contribution in [0.15, 0.2) is 56.8 Å². The molecular formula is C26H27N3O7S. The molecule has 0 bridgehead atoms. The standard InChI is InChI=1S/C26H27N3O7S/c1-15-19-22(30)29(26(2,3)24(31)32)25(33)28(23(19)37-20(15)21-27-10-12-35-21)13-18(16-7-5-4-6-8-16)36-17-9-11-34-14-17/h4-8,10,12,17-18H,9,11,13-14H2,1-3H3,(H,31,32)/t17?,18-/m0/s1. The summed E-state index contributed by atoms with van der Waals surface area (Å²) in [6.45, 7) is 5.53. The quantitative estimate of drug-likeness (QED) is 0.370. The third-order valence-corrected chi connectivity index (χ3v) is 7.99. The molecule has 1 aliphatic heterocycles. The summed E-state index contributed by atoms with van der Waals surface area (Å²) in [5.74, 6) is -0.975. The van der Waals surface area contributed by atoms with Crippen LogP contribution in [0.2, 0.25) is 0 Å². The van der Waals surface area contributed by atoms with E-state index < -0.39 is 28.9 Å². The molecule has 0 amide bonds. The second-order valence-corrected chi connectivity index (χ2v) is 10.5. The second-order valence-electron chi connectivity index (χ2n) is 9.49. The number of fused-ring (bicyclic) bond motifs is 1. The van der Waals surface area contributed by atoms with Gasteiger partial charge in [0.1, 0.15) is 22.7 Å². The first-order valence-electron chi connectivity index (χ1n) is 11.9. The van der Waals surface area contributed by atoms with Crippen LogP contribution in [0.4, 0.5) is 0 Å². The Morgan fingerprint density at radius 1 is 1.30 bits per heavy atom. The zero-order valence-corrected chi connectivity index (χ0v) is 21.5. The number of nitrogens with zero attached hydrogens (tertiary/aromatic N) is 3. The number of ether oxygens (including phenoxy) is 2. The van der Waals surface area contributed by atoms with E-state index in [2.05, 4.69) is 4.98 Å². The van der Waals surface area contributed by atoms with Crippen LogP contribution < -0.4 is 11.2 Å². The van der Waals surface area contributed by atoms with Crippen molar-refractivity contribution < 1.29 is 23.8 Å². The van der Waals surface area contributed by atoms with Crippen LogP contribution >= 0.6 is 11.3 Å². The Morgan fingerprint density at radius 3 is 2.68 bits per heavy atom. The molecule has 37 heavy (non-hydrogen) atoms. The lowest BCUT2D eigenvalue weighted by Crippen LogP contribution is -2.52. The molecule has 11 heteroatoms. The number of hydrogen-bond acceptors (Lipinski definition) is 8. The SMILES string of the molecule is Cc1c(-c2ncco2)sc2c1c(=O)n(C(C)(C)C(=O)O)c(=O)n2C[C@H](OC1CCOC1)c1ccccc1. The van der Waals surface area contributed by atoms with E-state index in [0.29, 0.717) is 34.4 Å². The van der Waals surface area contributed by atoms with Gasteiger partial charge in [-0.1, -0.05) is 30.3 Å². The maximum absolute atomic E-state index is 13.9. The Labute approximate surface area is 215 Å². The van der Waals surface area contributed by atoms with E-state index >= 15 is 0 Å². The number of aliphatic carboxylic acids is 1. The molecule has 4 heterocycles. The number of aryl methyl sites for hydroxylation is 1. The van der Waals surface area contributed by atoms with Gasteiger partial charge in [0.25, 0.3) is 5.56 Å². The maximum Gasteiger partial charge on any atom is 0.333 e. The van der Waals surface area contributed by atoms with E-state index in [1.54, 1.807) is 6.92 Å². The number of hydrogen-bond donors (Lipinski definition) is 1. The molecule has 0 saturated carbocycles. The first-order chi connectivity index (χ1) is 17.7. The molecule has 0 spiro atoms. The van der Waals surface area contributed by atoms with Crippen molar-refractivity contribution in [3.63, 3.8) is 0 Å². The molecule has 1 saturated heterocycles. The largest absolute Gasteiger partial charge is 0.480 e. The van der Waals surface area contributed by atoms with Gasteiger partial charge in [-0.3, -0.25) is 9.36 Å². The van der Waals surface area contributed by atoms with Crippen molar-refractivity contribution in [2.45, 2.75) is 51.5 Å². The van der Waals surface area contributed by atoms with E-state index in [0.717, 1.165) is 16.6 Å². The molecule has 10 nitrogen and oxygen atoms in total. The lowest BCUT2D eigenvalue weighted by Gasteiger charge is -2.26. The fraction of sp³-hybridized carbons (Fsp3) is 0.385. The fourth-order valence-corrected chi connectivity index (χ4v) is 5.79. The minimum Gasteiger partial charge on any atom is -0.480 e. The van der Waals surface area contributed by atoms with E-state index in [-0.39, 0.29) is 18.0 Å². The van der Waals surface area contributed by atoms with Gasteiger partial charge in [0.2, 0.25) is 5.89 Å². The lowest BCUT2D eigenvalue weighted by molar-refractivity contribution is -0.146. The van der Waals surface area contributed by atoms with Crippen molar-refractivity contribution in [2.75, 3.05) is 13.2 Å². The van der Waals surface area contributed by atoms with Gasteiger partial charge in [-0.05, 0) is 38.3 Å². The summed E-state index contributed by atoms with van der Waals surface area (Å²) in [6, 6.07) is 9.50. The number of thiophene rings is 1. The fourth-order valence-electron chi connectivity index (χ4n) is 4.55. The topological polar surface area (TPSA) is 126 Å². The summed E-state index contributed by atoms with van der Waals surface area (Å²) in [4.78, 5) is 45.0. The van der Waals surface area contributed by atoms with E-state index in [9.17, 15) is 19.5 Å². The minimum absolute atomic E-state index is 0.0663. The highest BCUT2D eigenvalue weighted by Crippen LogP contribution is 2.36. The zero-order valence-electron chi connectivity index (χ0n) is 20.7. The average Bonchev–Trinajstić information content (AvgIpc) is 3.63. The lowest BCUT2D eigenvalue weighted by atomic mass is 10.1. The summed E-state index contributed by atoms with van der Waals surface area (Å²) < 4.78 is 19.6. The van der Waals surface area contributed by atoms with E-state index in [1.165, 1.54) is 42.2 Å². The summed E-state index contributed by atoms with van der Waals surface area (Å²) >= 11 is 1.21. The highest BCUT2D eigenvalue weighted by atomic mass is 32.1. The summed E-state index contributed by atoms with van der Waals surface area (Å²) in [5.41, 5.74) is -1.76. The Bertz CT molecular complexity index is 1550. The molecule has 0 aliphatic carbocycles. The number of aromatic nitrogens is 3. The molecule has 194 valence electrons. The minimum atomic E-state index is -1.79. The van der Waals surface area contributed by atoms with Crippen LogP contribution in [0.25, 0.3) is 21.0 Å². The Morgan fingerprint density at radius 2 is 2.05 bits per heavy atom. The summed E-state index contributed by atoms with van der Waals surface area (Å²) in [6.07, 6.45) is 2.97. The monoisotopic (exact) mass is 525 g/mol. The van der Waals surface area contributed by atoms with Crippen molar-refractivity contribution >= 4 is 27.5 Å². The number of carboxylic acids is 1. The van der Waals surface area contributed by atoms with Crippen LogP contribution in [-0.2, 0) is 26.4 Å². The predicted octanol–water partition coefficient (Wildman–Crippen LogP) is 3.55. The Balaban J connectivity index is 1.75. The van der Waals surface area contributed by atoms with Gasteiger partial charge in [0.15, 0.2) is 0 Å². The number of oxazole rings is 1. The number of benzene rings is 1. The molecular weight excluding hydrogens is 498 g/mol. The first kappa shape index (κ1) is 25.1. The highest BCUT2D eigenvalue weighted by molar-refractivity contribution is 7.22. The molecule has 1 N–H and O–H groups in total. The molecule has 1 fully saturated rings. The molecule has 1 unspecified atom stereocenters. The molecule has 4 aromatic rings. The smallest absolute Gasteiger partial charge is 0.333 e. The van der Waals surface area contributed by atoms with Gasteiger partial charge in [-0.25, -0.2) is 19.1 Å². The van der Waals surface area contributed by atoms with Crippen LogP contribution in [-0.4, -0.2) is 44.5 Å². The number of carboxylic acid groups (broad SMARTS) is 1. The van der Waals surface area contributed by atoms with Gasteiger partial charge in [-0.15, -0.1) is 11.3 Å². The van der Waals surface area contributed by atoms with Gasteiger partial charge in [0.05, 0.1) is 35.7 Å². The van der Waals surface area contributed by atoms with Gasteiger partial charge in [0, 0.05) is 6.61 Å². The third-order valence-electron chi connectivity index (χ3n) is 6.69. The zero-order chi connectivity index (χ0) is 26.3. The van der Waals surface area contributed by atoms with Crippen molar-refractivity contribution in [3.8, 4) is 10.8 Å². The van der Waals surface area contributed by atoms with Crippen LogP contribution in [0.1, 0.15) is 37.5 Å². The van der Waals surface area contributed by atoms with Crippen LogP contribution in [0, 0.1) is 6.92 Å². The van der Waals surface area contributed by atoms with Crippen molar-refractivity contribution in [1.29, 1.82) is 0 Å². The van der Waals surface area contributed by atoms with Crippen LogP contribution in [0.3, 0.4) is 0 Å². The molecule has 1 aliphatic rings. The third kappa shape index (κ3) is 4.43. The van der Waals surface area contributed by atoms with E-state index in [4.69, 9.17) is 13.9 Å². The second kappa shape index (κ2) is 9.73. The highest BCUT2D eigenvalue weighted by Gasteiger charge is 2.36. The molecule has 5 rings (SSSR count). The van der Waals surface area contributed by atoms with Gasteiger partial charge in [-0.2, -0.15) is 0 Å². The number of rotatable bonds is 8. The molecule has 0 radical (unpaired) electrons.